The number of nitrogens with zero attached hydrogens (tertiary/aromatic N) is 6. The molecule has 1 atom stereocenters. The number of fused-ring (bicyclic) bond motifs is 1. The molecule has 1 saturated heterocycles. The number of likely N-dealkylation sites (tertiary alicyclic amines) is 1. The van der Waals surface area contributed by atoms with Crippen LogP contribution >= 0.6 is 0 Å². The third kappa shape index (κ3) is 4.56. The predicted molar refractivity (Wildman–Crippen MR) is 103 cm³/mol. The number of carbonyl (C=O) groups is 1. The molecule has 1 amide bonds. The van der Waals surface area contributed by atoms with Crippen molar-refractivity contribution in [2.24, 2.45) is 0 Å². The molecule has 150 valence electrons. The van der Waals surface area contributed by atoms with Crippen LogP contribution in [0.3, 0.4) is 0 Å². The summed E-state index contributed by atoms with van der Waals surface area (Å²) in [5.41, 5.74) is 2.81. The lowest BCUT2D eigenvalue weighted by atomic mass is 10.00. The normalized spacial score (nSPS) is 20.2. The van der Waals surface area contributed by atoms with Crippen LogP contribution in [-0.4, -0.2) is 66.8 Å². The second-order valence-corrected chi connectivity index (χ2v) is 7.79. The average molecular weight is 384 g/mol. The van der Waals surface area contributed by atoms with Crippen LogP contribution in [0, 0.1) is 0 Å². The van der Waals surface area contributed by atoms with Crippen molar-refractivity contribution in [1.29, 1.82) is 0 Å². The fourth-order valence-corrected chi connectivity index (χ4v) is 4.12. The summed E-state index contributed by atoms with van der Waals surface area (Å²) in [4.78, 5) is 16.5. The fourth-order valence-electron chi connectivity index (χ4n) is 4.12. The van der Waals surface area contributed by atoms with Gasteiger partial charge in [0, 0.05) is 39.1 Å². The minimum Gasteiger partial charge on any atom is -0.391 e. The lowest BCUT2D eigenvalue weighted by Crippen LogP contribution is -2.42. The van der Waals surface area contributed by atoms with E-state index in [2.05, 4.69) is 44.7 Å². The van der Waals surface area contributed by atoms with Crippen LogP contribution in [0.15, 0.2) is 24.3 Å². The molecular weight excluding hydrogens is 356 g/mol. The van der Waals surface area contributed by atoms with Crippen molar-refractivity contribution in [2.75, 3.05) is 19.6 Å². The van der Waals surface area contributed by atoms with Gasteiger partial charge in [0.25, 0.3) is 0 Å². The molecule has 0 radical (unpaired) electrons. The smallest absolute Gasteiger partial charge is 0.222 e. The number of aliphatic hydroxyl groups is 1. The van der Waals surface area contributed by atoms with E-state index in [1.54, 1.807) is 4.90 Å². The molecule has 2 aromatic rings. The van der Waals surface area contributed by atoms with Gasteiger partial charge in [-0.25, -0.2) is 4.68 Å². The van der Waals surface area contributed by atoms with Gasteiger partial charge in [-0.05, 0) is 47.2 Å². The number of tetrazole rings is 1. The number of β-amino-alcohol motifs (C(OH)–C–C–N with tert-alkyl or cyclic N) is 1. The zero-order chi connectivity index (χ0) is 19.3. The number of hydrogen-bond acceptors (Lipinski definition) is 6. The van der Waals surface area contributed by atoms with E-state index in [1.165, 1.54) is 11.1 Å². The maximum Gasteiger partial charge on any atom is 0.222 e. The number of hydrogen-bond donors (Lipinski definition) is 1. The van der Waals surface area contributed by atoms with Gasteiger partial charge in [-0.2, -0.15) is 0 Å². The van der Waals surface area contributed by atoms with E-state index in [-0.39, 0.29) is 12.0 Å². The van der Waals surface area contributed by atoms with Crippen LogP contribution in [-0.2, 0) is 30.8 Å². The van der Waals surface area contributed by atoms with Gasteiger partial charge in [-0.3, -0.25) is 9.69 Å². The Morgan fingerprint density at radius 2 is 2.07 bits per heavy atom. The van der Waals surface area contributed by atoms with E-state index < -0.39 is 0 Å². The Labute approximate surface area is 165 Å². The van der Waals surface area contributed by atoms with Crippen molar-refractivity contribution in [3.8, 4) is 0 Å². The van der Waals surface area contributed by atoms with E-state index in [0.717, 1.165) is 44.7 Å². The lowest BCUT2D eigenvalue weighted by Gasteiger charge is -2.30. The Hall–Kier alpha value is -2.32. The maximum absolute atomic E-state index is 12.3. The molecule has 8 heteroatoms. The van der Waals surface area contributed by atoms with Gasteiger partial charge in [0.2, 0.25) is 5.91 Å². The first-order chi connectivity index (χ1) is 13.7. The molecule has 28 heavy (non-hydrogen) atoms. The van der Waals surface area contributed by atoms with E-state index >= 15 is 0 Å². The van der Waals surface area contributed by atoms with Crippen LogP contribution < -0.4 is 0 Å². The average Bonchev–Trinajstić information content (AvgIpc) is 3.14. The molecule has 1 fully saturated rings. The molecule has 0 bridgehead atoms. The Balaban J connectivity index is 1.27. The Morgan fingerprint density at radius 1 is 1.21 bits per heavy atom. The standard InChI is InChI=1S/C20H28N6O2/c27-18-7-3-10-25(14-18)20(28)8-4-11-26-19(21-22-23-26)15-24-12-9-16-5-1-2-6-17(16)13-24/h1-2,5-6,18,27H,3-4,7-15H2/t18-/m0/s1. The number of benzene rings is 1. The summed E-state index contributed by atoms with van der Waals surface area (Å²) >= 11 is 0. The summed E-state index contributed by atoms with van der Waals surface area (Å²) in [5.74, 6) is 0.959. The first kappa shape index (κ1) is 19.0. The fraction of sp³-hybridized carbons (Fsp3) is 0.600. The summed E-state index contributed by atoms with van der Waals surface area (Å²) in [7, 11) is 0. The summed E-state index contributed by atoms with van der Waals surface area (Å²) in [6.07, 6.45) is 3.50. The SMILES string of the molecule is O=C(CCCn1nnnc1CN1CCc2ccccc2C1)N1CCC[C@H](O)C1. The molecule has 2 aliphatic rings. The second-order valence-electron chi connectivity index (χ2n) is 7.79. The molecule has 1 aromatic carbocycles. The van der Waals surface area contributed by atoms with Gasteiger partial charge in [0.05, 0.1) is 12.6 Å². The van der Waals surface area contributed by atoms with E-state index in [0.29, 0.717) is 32.5 Å². The summed E-state index contributed by atoms with van der Waals surface area (Å²) in [6.45, 7) is 4.48. The van der Waals surface area contributed by atoms with Crippen molar-refractivity contribution >= 4 is 5.91 Å². The predicted octanol–water partition coefficient (Wildman–Crippen LogP) is 0.995. The first-order valence-electron chi connectivity index (χ1n) is 10.2. The molecule has 0 spiro atoms. The van der Waals surface area contributed by atoms with Gasteiger partial charge in [-0.15, -0.1) is 5.10 Å². The molecule has 3 heterocycles. The summed E-state index contributed by atoms with van der Waals surface area (Å²) in [5, 5.41) is 21.9. The highest BCUT2D eigenvalue weighted by Gasteiger charge is 2.22. The van der Waals surface area contributed by atoms with E-state index in [9.17, 15) is 9.90 Å². The lowest BCUT2D eigenvalue weighted by molar-refractivity contribution is -0.134. The van der Waals surface area contributed by atoms with Crippen molar-refractivity contribution in [1.82, 2.24) is 30.0 Å². The summed E-state index contributed by atoms with van der Waals surface area (Å²) in [6, 6.07) is 8.58. The Bertz CT molecular complexity index is 807. The highest BCUT2D eigenvalue weighted by atomic mass is 16.3. The highest BCUT2D eigenvalue weighted by Crippen LogP contribution is 2.19. The Morgan fingerprint density at radius 3 is 2.93 bits per heavy atom. The molecule has 8 nitrogen and oxygen atoms in total. The maximum atomic E-state index is 12.3. The molecule has 0 unspecified atom stereocenters. The minimum absolute atomic E-state index is 0.112. The van der Waals surface area contributed by atoms with Crippen molar-refractivity contribution in [2.45, 2.75) is 57.8 Å². The van der Waals surface area contributed by atoms with Crippen LogP contribution in [0.25, 0.3) is 0 Å². The molecule has 4 rings (SSSR count). The van der Waals surface area contributed by atoms with Crippen molar-refractivity contribution in [3.05, 3.63) is 41.2 Å². The largest absolute Gasteiger partial charge is 0.391 e. The van der Waals surface area contributed by atoms with Crippen LogP contribution in [0.2, 0.25) is 0 Å². The van der Waals surface area contributed by atoms with Crippen LogP contribution in [0.5, 0.6) is 0 Å². The first-order valence-corrected chi connectivity index (χ1v) is 10.2. The van der Waals surface area contributed by atoms with Gasteiger partial charge in [0.1, 0.15) is 0 Å². The molecular formula is C20H28N6O2. The molecule has 1 aromatic heterocycles. The van der Waals surface area contributed by atoms with Crippen molar-refractivity contribution < 1.29 is 9.90 Å². The number of carbonyl (C=O) groups excluding carboxylic acids is 1. The van der Waals surface area contributed by atoms with E-state index in [4.69, 9.17) is 0 Å². The topological polar surface area (TPSA) is 87.4 Å². The monoisotopic (exact) mass is 384 g/mol. The number of aliphatic hydroxyl groups excluding tert-OH is 1. The second kappa shape index (κ2) is 8.79. The number of aromatic nitrogens is 4. The van der Waals surface area contributed by atoms with Crippen LogP contribution in [0.4, 0.5) is 0 Å². The third-order valence-corrected chi connectivity index (χ3v) is 5.69. The van der Waals surface area contributed by atoms with Gasteiger partial charge >= 0.3 is 0 Å². The molecule has 1 N–H and O–H groups in total. The number of rotatable bonds is 6. The molecule has 0 saturated carbocycles. The minimum atomic E-state index is -0.376. The Kier molecular flexibility index (Phi) is 5.97. The molecule has 2 aliphatic heterocycles. The van der Waals surface area contributed by atoms with Gasteiger partial charge in [0.15, 0.2) is 5.82 Å². The highest BCUT2D eigenvalue weighted by molar-refractivity contribution is 5.76. The van der Waals surface area contributed by atoms with Crippen molar-refractivity contribution in [3.63, 3.8) is 0 Å². The number of aryl methyl sites for hydroxylation is 1. The summed E-state index contributed by atoms with van der Waals surface area (Å²) < 4.78 is 1.82. The number of piperidine rings is 1. The number of amides is 1. The van der Waals surface area contributed by atoms with Gasteiger partial charge in [-0.1, -0.05) is 24.3 Å². The zero-order valence-electron chi connectivity index (χ0n) is 16.2. The zero-order valence-corrected chi connectivity index (χ0v) is 16.2. The quantitative estimate of drug-likeness (QED) is 0.799. The van der Waals surface area contributed by atoms with E-state index in [1.807, 2.05) is 4.68 Å². The van der Waals surface area contributed by atoms with Gasteiger partial charge < -0.3 is 10.0 Å². The molecule has 0 aliphatic carbocycles. The third-order valence-electron chi connectivity index (χ3n) is 5.69. The van der Waals surface area contributed by atoms with Crippen LogP contribution in [0.1, 0.15) is 42.6 Å².